The number of benzene rings is 1. The maximum absolute atomic E-state index is 12.4. The van der Waals surface area contributed by atoms with Crippen LogP contribution in [0.15, 0.2) is 35.7 Å². The molecule has 0 aromatic heterocycles. The summed E-state index contributed by atoms with van der Waals surface area (Å²) >= 11 is 5.92. The van der Waals surface area contributed by atoms with Gasteiger partial charge < -0.3 is 0 Å². The van der Waals surface area contributed by atoms with Crippen LogP contribution in [0.4, 0.5) is 0 Å². The topological polar surface area (TPSA) is 37.4 Å². The van der Waals surface area contributed by atoms with Gasteiger partial charge in [0.1, 0.15) is 0 Å². The minimum Gasteiger partial charge on any atom is -0.207 e. The van der Waals surface area contributed by atoms with Crippen LogP contribution in [-0.4, -0.2) is 25.8 Å². The molecule has 0 N–H and O–H groups in total. The van der Waals surface area contributed by atoms with Crippen molar-refractivity contribution in [1.82, 2.24) is 4.31 Å². The molecule has 0 unspecified atom stereocenters. The normalized spacial score (nSPS) is 16.7. The summed E-state index contributed by atoms with van der Waals surface area (Å²) in [4.78, 5) is 0. The van der Waals surface area contributed by atoms with E-state index in [4.69, 9.17) is 11.6 Å². The van der Waals surface area contributed by atoms with Crippen molar-refractivity contribution in [2.45, 2.75) is 51.4 Å². The Morgan fingerprint density at radius 1 is 1.20 bits per heavy atom. The number of hydrogen-bond acceptors (Lipinski definition) is 2. The lowest BCUT2D eigenvalue weighted by molar-refractivity contribution is 0.322. The summed E-state index contributed by atoms with van der Waals surface area (Å²) in [5.74, 6) is 6.22. The zero-order chi connectivity index (χ0) is 18.1. The Morgan fingerprint density at radius 2 is 1.88 bits per heavy atom. The molecular weight excluding hydrogens is 354 g/mol. The van der Waals surface area contributed by atoms with Crippen molar-refractivity contribution in [3.63, 3.8) is 0 Å². The van der Waals surface area contributed by atoms with Crippen LogP contribution < -0.4 is 0 Å². The second-order valence-corrected chi connectivity index (χ2v) is 8.61. The summed E-state index contributed by atoms with van der Waals surface area (Å²) in [7, 11) is -3.36. The smallest absolute Gasteiger partial charge is 0.207 e. The van der Waals surface area contributed by atoms with Crippen molar-refractivity contribution in [3.05, 3.63) is 46.3 Å². The quantitative estimate of drug-likeness (QED) is 0.518. The molecule has 3 nitrogen and oxygen atoms in total. The second kappa shape index (κ2) is 10.0. The number of hydrogen-bond donors (Lipinski definition) is 0. The average molecular weight is 380 g/mol. The maximum Gasteiger partial charge on any atom is 0.236 e. The standard InChI is InChI=1S/C20H26ClNO2S/c1-2-3-4-5-6-7-8-17-25(23,24)22-15-13-19(14-16-22)18-9-11-20(21)12-10-18/h8-12,17,19H,2-5,13-16H2,1H3/b17-8+. The molecule has 0 saturated carbocycles. The zero-order valence-corrected chi connectivity index (χ0v) is 16.3. The van der Waals surface area contributed by atoms with Crippen molar-refractivity contribution >= 4 is 21.6 Å². The van der Waals surface area contributed by atoms with E-state index in [2.05, 4.69) is 18.8 Å². The number of nitrogens with zero attached hydrogens (tertiary/aromatic N) is 1. The number of halogens is 1. The molecule has 1 heterocycles. The van der Waals surface area contributed by atoms with Gasteiger partial charge in [-0.25, -0.2) is 8.42 Å². The third kappa shape index (κ3) is 6.51. The predicted molar refractivity (Wildman–Crippen MR) is 105 cm³/mol. The highest BCUT2D eigenvalue weighted by Gasteiger charge is 2.26. The van der Waals surface area contributed by atoms with Gasteiger partial charge >= 0.3 is 0 Å². The molecule has 0 atom stereocenters. The van der Waals surface area contributed by atoms with Gasteiger partial charge in [0.15, 0.2) is 0 Å². The van der Waals surface area contributed by atoms with E-state index in [1.165, 1.54) is 23.5 Å². The third-order valence-electron chi connectivity index (χ3n) is 4.49. The lowest BCUT2D eigenvalue weighted by atomic mass is 9.90. The Kier molecular flexibility index (Phi) is 8.02. The van der Waals surface area contributed by atoms with Gasteiger partial charge in [0.2, 0.25) is 10.0 Å². The fraction of sp³-hybridized carbons (Fsp3) is 0.500. The average Bonchev–Trinajstić information content (AvgIpc) is 2.62. The van der Waals surface area contributed by atoms with Gasteiger partial charge in [-0.2, -0.15) is 4.31 Å². The van der Waals surface area contributed by atoms with Crippen molar-refractivity contribution in [2.75, 3.05) is 13.1 Å². The largest absolute Gasteiger partial charge is 0.236 e. The van der Waals surface area contributed by atoms with E-state index in [-0.39, 0.29) is 0 Å². The summed E-state index contributed by atoms with van der Waals surface area (Å²) in [6.45, 7) is 3.24. The van der Waals surface area contributed by atoms with E-state index in [1.807, 2.05) is 24.3 Å². The molecule has 5 heteroatoms. The molecular formula is C20H26ClNO2S. The Hall–Kier alpha value is -1.28. The van der Waals surface area contributed by atoms with Crippen LogP contribution >= 0.6 is 11.6 Å². The van der Waals surface area contributed by atoms with E-state index in [0.717, 1.165) is 37.1 Å². The van der Waals surface area contributed by atoms with Crippen LogP contribution in [0.25, 0.3) is 0 Å². The minimum absolute atomic E-state index is 0.394. The van der Waals surface area contributed by atoms with E-state index in [1.54, 1.807) is 4.31 Å². The van der Waals surface area contributed by atoms with Crippen molar-refractivity contribution in [2.24, 2.45) is 0 Å². The molecule has 0 bridgehead atoms. The molecule has 1 fully saturated rings. The highest BCUT2D eigenvalue weighted by molar-refractivity contribution is 7.92. The first-order chi connectivity index (χ1) is 12.0. The van der Waals surface area contributed by atoms with Gasteiger partial charge in [-0.05, 0) is 42.9 Å². The molecule has 1 aromatic carbocycles. The van der Waals surface area contributed by atoms with Crippen LogP contribution in [-0.2, 0) is 10.0 Å². The maximum atomic E-state index is 12.4. The Balaban J connectivity index is 1.85. The van der Waals surface area contributed by atoms with Crippen molar-refractivity contribution in [3.8, 4) is 11.8 Å². The predicted octanol–water partition coefficient (Wildman–Crippen LogP) is 4.95. The first-order valence-electron chi connectivity index (χ1n) is 8.93. The highest BCUT2D eigenvalue weighted by Crippen LogP contribution is 2.30. The minimum atomic E-state index is -3.36. The van der Waals surface area contributed by atoms with E-state index < -0.39 is 10.0 Å². The molecule has 1 aromatic rings. The summed E-state index contributed by atoms with van der Waals surface area (Å²) in [6.07, 6.45) is 7.35. The molecule has 1 aliphatic rings. The molecule has 0 radical (unpaired) electrons. The zero-order valence-electron chi connectivity index (χ0n) is 14.7. The van der Waals surface area contributed by atoms with Crippen molar-refractivity contribution < 1.29 is 8.42 Å². The Morgan fingerprint density at radius 3 is 2.52 bits per heavy atom. The fourth-order valence-electron chi connectivity index (χ4n) is 2.98. The molecule has 0 aliphatic carbocycles. The van der Waals surface area contributed by atoms with Gasteiger partial charge in [0, 0.05) is 30.6 Å². The lowest BCUT2D eigenvalue weighted by Crippen LogP contribution is -2.36. The molecule has 0 amide bonds. The number of unbranched alkanes of at least 4 members (excludes halogenated alkanes) is 3. The monoisotopic (exact) mass is 379 g/mol. The van der Waals surface area contributed by atoms with Gasteiger partial charge in [0.25, 0.3) is 0 Å². The first kappa shape index (κ1) is 20.0. The third-order valence-corrected chi connectivity index (χ3v) is 6.30. The number of sulfonamides is 1. The Labute approximate surface area is 157 Å². The summed E-state index contributed by atoms with van der Waals surface area (Å²) < 4.78 is 26.3. The summed E-state index contributed by atoms with van der Waals surface area (Å²) in [5.41, 5.74) is 1.23. The van der Waals surface area contributed by atoms with Crippen molar-refractivity contribution in [1.29, 1.82) is 0 Å². The van der Waals surface area contributed by atoms with Gasteiger partial charge in [0.05, 0.1) is 5.41 Å². The van der Waals surface area contributed by atoms with Crippen LogP contribution in [0.2, 0.25) is 5.02 Å². The fourth-order valence-corrected chi connectivity index (χ4v) is 4.24. The molecule has 1 saturated heterocycles. The molecule has 1 aliphatic heterocycles. The summed E-state index contributed by atoms with van der Waals surface area (Å²) in [6, 6.07) is 7.85. The van der Waals surface area contributed by atoms with Gasteiger partial charge in [-0.3, -0.25) is 0 Å². The lowest BCUT2D eigenvalue weighted by Gasteiger charge is -2.30. The number of rotatable bonds is 6. The van der Waals surface area contributed by atoms with Gasteiger partial charge in [-0.15, -0.1) is 0 Å². The molecule has 25 heavy (non-hydrogen) atoms. The van der Waals surface area contributed by atoms with Crippen LogP contribution in [0.5, 0.6) is 0 Å². The van der Waals surface area contributed by atoms with E-state index >= 15 is 0 Å². The van der Waals surface area contributed by atoms with Crippen LogP contribution in [0, 0.1) is 11.8 Å². The first-order valence-corrected chi connectivity index (χ1v) is 10.8. The van der Waals surface area contributed by atoms with E-state index in [0.29, 0.717) is 19.0 Å². The number of piperidine rings is 1. The molecule has 136 valence electrons. The second-order valence-electron chi connectivity index (χ2n) is 6.35. The SMILES string of the molecule is CCCCCC#C/C=C/S(=O)(=O)N1CCC(c2ccc(Cl)cc2)CC1. The van der Waals surface area contributed by atoms with Gasteiger partial charge in [-0.1, -0.05) is 55.3 Å². The molecule has 0 spiro atoms. The van der Waals surface area contributed by atoms with E-state index in [9.17, 15) is 8.42 Å². The Bertz CT molecular complexity index is 721. The van der Waals surface area contributed by atoms with Crippen LogP contribution in [0.3, 0.4) is 0 Å². The molecule has 2 rings (SSSR count). The van der Waals surface area contributed by atoms with Crippen LogP contribution in [0.1, 0.15) is 56.9 Å². The highest BCUT2D eigenvalue weighted by atomic mass is 35.5. The summed E-state index contributed by atoms with van der Waals surface area (Å²) in [5, 5.41) is 1.97. The number of allylic oxidation sites excluding steroid dienone is 1.